The van der Waals surface area contributed by atoms with E-state index in [-0.39, 0.29) is 5.56 Å². The predicted octanol–water partition coefficient (Wildman–Crippen LogP) is 6.06. The van der Waals surface area contributed by atoms with E-state index < -0.39 is 6.43 Å². The van der Waals surface area contributed by atoms with Crippen molar-refractivity contribution >= 4 is 0 Å². The van der Waals surface area contributed by atoms with Crippen LogP contribution in [0.4, 0.5) is 8.78 Å². The molecule has 2 N–H and O–H groups in total. The van der Waals surface area contributed by atoms with E-state index in [1.807, 2.05) is 13.0 Å². The SMILES string of the molecule is CCOc1ccc(C2CCC(C3CCC(CN)CC3)CC2)cc1C(F)F. The van der Waals surface area contributed by atoms with Gasteiger partial charge < -0.3 is 10.5 Å². The van der Waals surface area contributed by atoms with Crippen molar-refractivity contribution in [1.82, 2.24) is 0 Å². The molecule has 146 valence electrons. The third kappa shape index (κ3) is 4.57. The van der Waals surface area contributed by atoms with Crippen LogP contribution in [0.1, 0.15) is 81.8 Å². The van der Waals surface area contributed by atoms with E-state index in [2.05, 4.69) is 0 Å². The van der Waals surface area contributed by atoms with Gasteiger partial charge in [0.05, 0.1) is 12.2 Å². The molecule has 2 fully saturated rings. The Kier molecular flexibility index (Phi) is 6.91. The third-order valence-electron chi connectivity index (χ3n) is 6.70. The minimum absolute atomic E-state index is 0.0478. The van der Waals surface area contributed by atoms with Crippen molar-refractivity contribution in [1.29, 1.82) is 0 Å². The lowest BCUT2D eigenvalue weighted by Crippen LogP contribution is -2.27. The number of hydrogen-bond acceptors (Lipinski definition) is 2. The second-order valence-electron chi connectivity index (χ2n) is 8.16. The summed E-state index contributed by atoms with van der Waals surface area (Å²) in [7, 11) is 0. The predicted molar refractivity (Wildman–Crippen MR) is 102 cm³/mol. The number of ether oxygens (including phenoxy) is 1. The van der Waals surface area contributed by atoms with Crippen LogP contribution in [0.25, 0.3) is 0 Å². The van der Waals surface area contributed by atoms with Crippen LogP contribution in [0.15, 0.2) is 18.2 Å². The summed E-state index contributed by atoms with van der Waals surface area (Å²) in [5, 5.41) is 0. The van der Waals surface area contributed by atoms with Gasteiger partial charge in [-0.25, -0.2) is 8.78 Å². The number of benzene rings is 1. The van der Waals surface area contributed by atoms with Crippen LogP contribution in [0, 0.1) is 17.8 Å². The van der Waals surface area contributed by atoms with Gasteiger partial charge in [0.25, 0.3) is 6.43 Å². The quantitative estimate of drug-likeness (QED) is 0.665. The summed E-state index contributed by atoms with van der Waals surface area (Å²) in [5.74, 6) is 3.16. The minimum atomic E-state index is -2.48. The molecule has 0 spiro atoms. The van der Waals surface area contributed by atoms with E-state index in [0.717, 1.165) is 42.7 Å². The molecule has 3 rings (SSSR count). The van der Waals surface area contributed by atoms with Crippen LogP contribution in [0.5, 0.6) is 5.75 Å². The fourth-order valence-corrected chi connectivity index (χ4v) is 5.10. The maximum Gasteiger partial charge on any atom is 0.267 e. The lowest BCUT2D eigenvalue weighted by atomic mass is 9.68. The number of hydrogen-bond donors (Lipinski definition) is 1. The molecule has 2 saturated carbocycles. The molecule has 0 heterocycles. The van der Waals surface area contributed by atoms with E-state index >= 15 is 0 Å². The smallest absolute Gasteiger partial charge is 0.267 e. The van der Waals surface area contributed by atoms with Gasteiger partial charge in [-0.3, -0.25) is 0 Å². The van der Waals surface area contributed by atoms with Crippen LogP contribution in [-0.4, -0.2) is 13.2 Å². The normalized spacial score (nSPS) is 29.7. The monoisotopic (exact) mass is 365 g/mol. The van der Waals surface area contributed by atoms with Crippen LogP contribution < -0.4 is 10.5 Å². The molecule has 1 aromatic carbocycles. The standard InChI is InChI=1S/C22H33F2NO/c1-2-26-21-12-11-19(13-20(21)22(23)24)18-9-7-17(8-10-18)16-5-3-15(14-25)4-6-16/h11-13,15-18,22H,2-10,14,25H2,1H3. The van der Waals surface area contributed by atoms with Crippen molar-refractivity contribution in [3.63, 3.8) is 0 Å². The summed E-state index contributed by atoms with van der Waals surface area (Å²) in [5.41, 5.74) is 6.92. The first-order valence-electron chi connectivity index (χ1n) is 10.4. The lowest BCUT2D eigenvalue weighted by molar-refractivity contribution is 0.145. The first kappa shape index (κ1) is 19.6. The van der Waals surface area contributed by atoms with Crippen LogP contribution >= 0.6 is 0 Å². The Balaban J connectivity index is 1.58. The van der Waals surface area contributed by atoms with Crippen LogP contribution in [0.3, 0.4) is 0 Å². The largest absolute Gasteiger partial charge is 0.493 e. The number of rotatable bonds is 6. The Morgan fingerprint density at radius 2 is 1.62 bits per heavy atom. The van der Waals surface area contributed by atoms with Gasteiger partial charge in [0, 0.05) is 0 Å². The second-order valence-corrected chi connectivity index (χ2v) is 8.16. The van der Waals surface area contributed by atoms with Crippen molar-refractivity contribution in [2.75, 3.05) is 13.2 Å². The average molecular weight is 366 g/mol. The summed E-state index contributed by atoms with van der Waals surface area (Å²) < 4.78 is 32.1. The molecule has 1 aromatic rings. The Morgan fingerprint density at radius 1 is 1.00 bits per heavy atom. The van der Waals surface area contributed by atoms with E-state index in [9.17, 15) is 8.78 Å². The number of alkyl halides is 2. The molecule has 0 aliphatic heterocycles. The van der Waals surface area contributed by atoms with Crippen molar-refractivity contribution in [2.45, 2.75) is 70.6 Å². The van der Waals surface area contributed by atoms with Gasteiger partial charge >= 0.3 is 0 Å². The molecular weight excluding hydrogens is 332 g/mol. The van der Waals surface area contributed by atoms with E-state index in [1.165, 1.54) is 38.5 Å². The second kappa shape index (κ2) is 9.16. The van der Waals surface area contributed by atoms with Crippen molar-refractivity contribution < 1.29 is 13.5 Å². The molecule has 0 saturated heterocycles. The first-order chi connectivity index (χ1) is 12.6. The van der Waals surface area contributed by atoms with Crippen molar-refractivity contribution in [2.24, 2.45) is 23.5 Å². The van der Waals surface area contributed by atoms with Gasteiger partial charge in [-0.1, -0.05) is 6.07 Å². The fourth-order valence-electron chi connectivity index (χ4n) is 5.10. The highest BCUT2D eigenvalue weighted by molar-refractivity contribution is 5.39. The molecule has 0 amide bonds. The topological polar surface area (TPSA) is 35.2 Å². The molecule has 2 aliphatic carbocycles. The molecule has 2 nitrogen and oxygen atoms in total. The van der Waals surface area contributed by atoms with Gasteiger partial charge in [-0.05, 0) is 106 Å². The van der Waals surface area contributed by atoms with Gasteiger partial charge in [0.2, 0.25) is 0 Å². The molecule has 0 radical (unpaired) electrons. The summed E-state index contributed by atoms with van der Waals surface area (Å²) in [6, 6.07) is 5.42. The molecule has 0 atom stereocenters. The number of nitrogens with two attached hydrogens (primary N) is 1. The summed E-state index contributed by atoms with van der Waals surface area (Å²) in [4.78, 5) is 0. The first-order valence-corrected chi connectivity index (χ1v) is 10.4. The van der Waals surface area contributed by atoms with Gasteiger partial charge in [-0.2, -0.15) is 0 Å². The summed E-state index contributed by atoms with van der Waals surface area (Å²) in [6.45, 7) is 3.08. The molecule has 26 heavy (non-hydrogen) atoms. The molecule has 2 aliphatic rings. The minimum Gasteiger partial charge on any atom is -0.493 e. The van der Waals surface area contributed by atoms with Crippen LogP contribution in [-0.2, 0) is 0 Å². The fraction of sp³-hybridized carbons (Fsp3) is 0.727. The molecule has 0 aromatic heterocycles. The highest BCUT2D eigenvalue weighted by Gasteiger charge is 2.31. The third-order valence-corrected chi connectivity index (χ3v) is 6.70. The zero-order valence-electron chi connectivity index (χ0n) is 15.9. The van der Waals surface area contributed by atoms with E-state index in [4.69, 9.17) is 10.5 Å². The zero-order chi connectivity index (χ0) is 18.5. The van der Waals surface area contributed by atoms with Gasteiger partial charge in [0.1, 0.15) is 5.75 Å². The van der Waals surface area contributed by atoms with Crippen LogP contribution in [0.2, 0.25) is 0 Å². The Labute approximate surface area is 156 Å². The van der Waals surface area contributed by atoms with E-state index in [1.54, 1.807) is 12.1 Å². The lowest BCUT2D eigenvalue weighted by Gasteiger charge is -2.38. The summed E-state index contributed by atoms with van der Waals surface area (Å²) >= 11 is 0. The highest BCUT2D eigenvalue weighted by atomic mass is 19.3. The summed E-state index contributed by atoms with van der Waals surface area (Å²) in [6.07, 6.45) is 7.47. The zero-order valence-corrected chi connectivity index (χ0v) is 15.9. The Morgan fingerprint density at radius 3 is 2.15 bits per heavy atom. The Hall–Kier alpha value is -1.16. The molecular formula is C22H33F2NO. The van der Waals surface area contributed by atoms with Crippen molar-refractivity contribution in [3.8, 4) is 5.75 Å². The maximum absolute atomic E-state index is 13.4. The average Bonchev–Trinajstić information content (AvgIpc) is 2.68. The van der Waals surface area contributed by atoms with Gasteiger partial charge in [-0.15, -0.1) is 0 Å². The number of halogens is 2. The molecule has 4 heteroatoms. The maximum atomic E-state index is 13.4. The Bertz CT molecular complexity index is 561. The molecule has 0 unspecified atom stereocenters. The highest BCUT2D eigenvalue weighted by Crippen LogP contribution is 2.44. The van der Waals surface area contributed by atoms with Crippen molar-refractivity contribution in [3.05, 3.63) is 29.3 Å². The van der Waals surface area contributed by atoms with E-state index in [0.29, 0.717) is 18.3 Å². The molecule has 0 bridgehead atoms. The van der Waals surface area contributed by atoms with Gasteiger partial charge in [0.15, 0.2) is 0 Å².